The van der Waals surface area contributed by atoms with Crippen LogP contribution < -0.4 is 10.6 Å². The highest BCUT2D eigenvalue weighted by molar-refractivity contribution is 5.90. The van der Waals surface area contributed by atoms with E-state index in [1.54, 1.807) is 6.07 Å². The van der Waals surface area contributed by atoms with Crippen molar-refractivity contribution < 1.29 is 13.8 Å². The fraction of sp³-hybridized carbons (Fsp3) is 0.455. The van der Waals surface area contributed by atoms with Crippen LogP contribution in [0.4, 0.5) is 0 Å². The lowest BCUT2D eigenvalue weighted by atomic mass is 10.2. The maximum atomic E-state index is 11.8. The minimum atomic E-state index is -0.393. The molecule has 0 bridgehead atoms. The Labute approximate surface area is 108 Å². The second kappa shape index (κ2) is 5.19. The molecule has 1 aliphatic heterocycles. The highest BCUT2D eigenvalue weighted by Crippen LogP contribution is 2.20. The van der Waals surface area contributed by atoms with Crippen LogP contribution in [0.25, 0.3) is 0 Å². The highest BCUT2D eigenvalue weighted by atomic mass is 16.5. The Hall–Kier alpha value is -2.22. The first-order chi connectivity index (χ1) is 9.33. The molecule has 1 aliphatic rings. The normalized spacial score (nSPS) is 18.6. The summed E-state index contributed by atoms with van der Waals surface area (Å²) >= 11 is 0. The van der Waals surface area contributed by atoms with E-state index in [1.165, 1.54) is 6.26 Å². The van der Waals surface area contributed by atoms with Crippen LogP contribution in [0.15, 0.2) is 21.4 Å². The Morgan fingerprint density at radius 2 is 2.47 bits per heavy atom. The molecule has 2 N–H and O–H groups in total. The third-order valence-corrected chi connectivity index (χ3v) is 2.92. The number of hydrogen-bond donors (Lipinski definition) is 2. The van der Waals surface area contributed by atoms with Crippen molar-refractivity contribution in [1.29, 1.82) is 0 Å². The van der Waals surface area contributed by atoms with Gasteiger partial charge in [-0.15, -0.1) is 0 Å². The van der Waals surface area contributed by atoms with Gasteiger partial charge in [0.1, 0.15) is 12.0 Å². The second-order valence-corrected chi connectivity index (χ2v) is 4.28. The fourth-order valence-corrected chi connectivity index (χ4v) is 1.94. The van der Waals surface area contributed by atoms with Crippen LogP contribution in [0.5, 0.6) is 0 Å². The van der Waals surface area contributed by atoms with Crippen molar-refractivity contribution in [2.45, 2.75) is 25.4 Å². The Morgan fingerprint density at radius 1 is 1.53 bits per heavy atom. The lowest BCUT2D eigenvalue weighted by Gasteiger charge is -2.01. The lowest BCUT2D eigenvalue weighted by molar-refractivity contribution is 0.0936. The molecule has 1 atom stereocenters. The molecule has 3 rings (SSSR count). The van der Waals surface area contributed by atoms with Crippen LogP contribution in [0.1, 0.15) is 41.1 Å². The van der Waals surface area contributed by atoms with Gasteiger partial charge in [0.2, 0.25) is 5.89 Å². The van der Waals surface area contributed by atoms with Crippen LogP contribution in [-0.4, -0.2) is 27.7 Å². The Morgan fingerprint density at radius 3 is 3.21 bits per heavy atom. The molecular weight excluding hydrogens is 250 g/mol. The maximum absolute atomic E-state index is 11.8. The Bertz CT molecular complexity index is 544. The van der Waals surface area contributed by atoms with Gasteiger partial charge in [-0.2, -0.15) is 4.98 Å². The van der Waals surface area contributed by atoms with Gasteiger partial charge in [0.15, 0.2) is 0 Å². The van der Waals surface area contributed by atoms with E-state index in [1.807, 2.05) is 0 Å². The molecule has 0 radical (unpaired) electrons. The molecule has 8 heteroatoms. The van der Waals surface area contributed by atoms with E-state index in [0.717, 1.165) is 19.4 Å². The van der Waals surface area contributed by atoms with E-state index in [-0.39, 0.29) is 18.4 Å². The van der Waals surface area contributed by atoms with E-state index in [4.69, 9.17) is 4.52 Å². The van der Waals surface area contributed by atoms with E-state index in [2.05, 4.69) is 30.5 Å². The van der Waals surface area contributed by atoms with Crippen LogP contribution in [-0.2, 0) is 6.54 Å². The van der Waals surface area contributed by atoms with E-state index < -0.39 is 5.91 Å². The van der Waals surface area contributed by atoms with Gasteiger partial charge < -0.3 is 19.7 Å². The molecule has 2 aromatic heterocycles. The van der Waals surface area contributed by atoms with Gasteiger partial charge in [-0.05, 0) is 19.4 Å². The zero-order valence-electron chi connectivity index (χ0n) is 10.1. The summed E-state index contributed by atoms with van der Waals surface area (Å²) in [4.78, 5) is 15.9. The summed E-state index contributed by atoms with van der Waals surface area (Å²) in [5, 5.41) is 13.2. The van der Waals surface area contributed by atoms with E-state index in [9.17, 15) is 4.79 Å². The van der Waals surface area contributed by atoms with Crippen molar-refractivity contribution in [2.75, 3.05) is 6.54 Å². The zero-order valence-corrected chi connectivity index (χ0v) is 10.1. The molecular formula is C11H13N5O3. The summed E-state index contributed by atoms with van der Waals surface area (Å²) in [6.45, 7) is 1.20. The minimum absolute atomic E-state index is 0.0344. The summed E-state index contributed by atoms with van der Waals surface area (Å²) < 4.78 is 9.75. The van der Waals surface area contributed by atoms with Crippen molar-refractivity contribution >= 4 is 5.91 Å². The first kappa shape index (κ1) is 11.8. The molecule has 1 amide bonds. The molecule has 100 valence electrons. The minimum Gasteiger partial charge on any atom is -0.364 e. The van der Waals surface area contributed by atoms with E-state index >= 15 is 0 Å². The standard InChI is InChI=1S/C11H13N5O3/c17-10(13-6-7-3-5-18-15-7)9-14-11(19-16-9)8-2-1-4-12-8/h3,5,8,12H,1-2,4,6H2,(H,13,17). The monoisotopic (exact) mass is 263 g/mol. The molecule has 8 nitrogen and oxygen atoms in total. The molecule has 0 saturated carbocycles. The van der Waals surface area contributed by atoms with Crippen molar-refractivity contribution in [2.24, 2.45) is 0 Å². The number of amides is 1. The first-order valence-corrected chi connectivity index (χ1v) is 6.07. The smallest absolute Gasteiger partial charge is 0.293 e. The third kappa shape index (κ3) is 2.63. The topological polar surface area (TPSA) is 106 Å². The second-order valence-electron chi connectivity index (χ2n) is 4.28. The zero-order chi connectivity index (χ0) is 13.1. The van der Waals surface area contributed by atoms with Crippen LogP contribution >= 0.6 is 0 Å². The number of aromatic nitrogens is 3. The summed E-state index contributed by atoms with van der Waals surface area (Å²) in [6, 6.07) is 1.73. The number of nitrogens with one attached hydrogen (secondary N) is 2. The van der Waals surface area contributed by atoms with Crippen molar-refractivity contribution in [3.8, 4) is 0 Å². The van der Waals surface area contributed by atoms with Gasteiger partial charge in [-0.1, -0.05) is 10.3 Å². The average molecular weight is 263 g/mol. The number of hydrogen-bond acceptors (Lipinski definition) is 7. The molecule has 0 aromatic carbocycles. The van der Waals surface area contributed by atoms with Gasteiger partial charge in [0, 0.05) is 6.07 Å². The van der Waals surface area contributed by atoms with Gasteiger partial charge in [0.25, 0.3) is 11.7 Å². The SMILES string of the molecule is O=C(NCc1ccon1)c1noc(C2CCCN2)n1. The first-order valence-electron chi connectivity index (χ1n) is 6.07. The predicted molar refractivity (Wildman–Crippen MR) is 61.9 cm³/mol. The quantitative estimate of drug-likeness (QED) is 0.822. The Kier molecular flexibility index (Phi) is 3.23. The molecule has 2 aromatic rings. The predicted octanol–water partition coefficient (Wildman–Crippen LogP) is 0.412. The third-order valence-electron chi connectivity index (χ3n) is 2.92. The Balaban J connectivity index is 1.60. The average Bonchev–Trinajstić information content (AvgIpc) is 3.14. The molecule has 1 fully saturated rings. The van der Waals surface area contributed by atoms with Gasteiger partial charge in [-0.3, -0.25) is 4.79 Å². The summed E-state index contributed by atoms with van der Waals surface area (Å²) in [6.07, 6.45) is 3.46. The van der Waals surface area contributed by atoms with Crippen molar-refractivity contribution in [3.05, 3.63) is 29.7 Å². The number of carbonyl (C=O) groups is 1. The summed E-state index contributed by atoms with van der Waals surface area (Å²) in [5.74, 6) is 0.104. The molecule has 3 heterocycles. The van der Waals surface area contributed by atoms with Crippen molar-refractivity contribution in [3.63, 3.8) is 0 Å². The van der Waals surface area contributed by atoms with Crippen molar-refractivity contribution in [1.82, 2.24) is 25.9 Å². The number of rotatable bonds is 4. The number of carbonyl (C=O) groups excluding carboxylic acids is 1. The molecule has 0 spiro atoms. The van der Waals surface area contributed by atoms with Crippen LogP contribution in [0.2, 0.25) is 0 Å². The maximum Gasteiger partial charge on any atom is 0.293 e. The molecule has 19 heavy (non-hydrogen) atoms. The van der Waals surface area contributed by atoms with Crippen LogP contribution in [0.3, 0.4) is 0 Å². The fourth-order valence-electron chi connectivity index (χ4n) is 1.94. The van der Waals surface area contributed by atoms with Crippen LogP contribution in [0, 0.1) is 0 Å². The summed E-state index contributed by atoms with van der Waals surface area (Å²) in [5.41, 5.74) is 0.634. The van der Waals surface area contributed by atoms with Gasteiger partial charge >= 0.3 is 0 Å². The largest absolute Gasteiger partial charge is 0.364 e. The lowest BCUT2D eigenvalue weighted by Crippen LogP contribution is -2.24. The highest BCUT2D eigenvalue weighted by Gasteiger charge is 2.24. The molecule has 0 aliphatic carbocycles. The molecule has 1 unspecified atom stereocenters. The van der Waals surface area contributed by atoms with Gasteiger partial charge in [0.05, 0.1) is 12.6 Å². The number of nitrogens with zero attached hydrogens (tertiary/aromatic N) is 3. The van der Waals surface area contributed by atoms with E-state index in [0.29, 0.717) is 11.6 Å². The molecule has 1 saturated heterocycles. The summed E-state index contributed by atoms with van der Waals surface area (Å²) in [7, 11) is 0. The van der Waals surface area contributed by atoms with Gasteiger partial charge in [-0.25, -0.2) is 0 Å².